The number of aromatic nitrogens is 4. The first-order valence-corrected chi connectivity index (χ1v) is 17.6. The molecule has 214 valence electrons. The molecule has 2 heterocycles. The largest absolute Gasteiger partial charge is 0.492 e. The van der Waals surface area contributed by atoms with Gasteiger partial charge in [-0.05, 0) is 43.0 Å². The molecule has 0 spiro atoms. The summed E-state index contributed by atoms with van der Waals surface area (Å²) in [5, 5.41) is 14.8. The number of ether oxygens (including phenoxy) is 3. The van der Waals surface area contributed by atoms with E-state index in [1.807, 2.05) is 22.8 Å². The van der Waals surface area contributed by atoms with Gasteiger partial charge in [-0.3, -0.25) is 14.3 Å². The van der Waals surface area contributed by atoms with E-state index in [0.29, 0.717) is 52.7 Å². The van der Waals surface area contributed by atoms with E-state index >= 15 is 0 Å². The van der Waals surface area contributed by atoms with Crippen LogP contribution >= 0.6 is 0 Å². The van der Waals surface area contributed by atoms with E-state index < -0.39 is 14.0 Å². The molecule has 2 aromatic heterocycles. The number of imidazole rings is 1. The molecule has 0 unspecified atom stereocenters. The molecule has 1 saturated carbocycles. The molecule has 2 aromatic carbocycles. The quantitative estimate of drug-likeness (QED) is 0.138. The number of nitriles is 1. The highest BCUT2D eigenvalue weighted by molar-refractivity contribution is 6.76. The minimum Gasteiger partial charge on any atom is -0.492 e. The molecule has 0 radical (unpaired) electrons. The molecule has 5 rings (SSSR count). The number of rotatable bonds is 12. The van der Waals surface area contributed by atoms with Crippen LogP contribution in [0, 0.1) is 17.2 Å². The van der Waals surface area contributed by atoms with Crippen LogP contribution in [-0.2, 0) is 34.0 Å². The normalized spacial score (nSPS) is 13.4. The fourth-order valence-corrected chi connectivity index (χ4v) is 5.33. The smallest absolute Gasteiger partial charge is 0.311 e. The zero-order chi connectivity index (χ0) is 29.1. The third kappa shape index (κ3) is 6.66. The number of hydrogen-bond donors (Lipinski definition) is 0. The summed E-state index contributed by atoms with van der Waals surface area (Å²) in [6.07, 6.45) is 2.06. The molecule has 1 aliphatic carbocycles. The number of hydrogen-bond acceptors (Lipinski definition) is 8. The lowest BCUT2D eigenvalue weighted by Gasteiger charge is -2.17. The first-order chi connectivity index (χ1) is 19.7. The van der Waals surface area contributed by atoms with E-state index in [1.54, 1.807) is 22.9 Å². The standard InChI is InChI=1S/C30H35N5O5Si/c1-38-29(36)14-24-30(37)22-7-5-6-8-25(22)35(33-24)17-28-32-23-13-21(16-31)27(40-18-20-9-10-20)15-26(23)34(28)19-39-11-12-41(2,3)4/h5-8,13,15,20H,9-12,14,17-19H2,1-4H3. The minimum atomic E-state index is -1.29. The van der Waals surface area contributed by atoms with Crippen molar-refractivity contribution in [1.82, 2.24) is 19.3 Å². The van der Waals surface area contributed by atoms with Crippen LogP contribution in [-0.4, -0.2) is 53.7 Å². The lowest BCUT2D eigenvalue weighted by atomic mass is 10.1. The van der Waals surface area contributed by atoms with E-state index in [0.717, 1.165) is 24.4 Å². The number of carbonyl (C=O) groups is 1. The SMILES string of the molecule is COC(=O)Cc1nn(Cc2nc3cc(C#N)c(OCC4CC4)cc3n2COCC[Si](C)(C)C)c2ccccc2c1=O. The average molecular weight is 574 g/mol. The van der Waals surface area contributed by atoms with Crippen molar-refractivity contribution in [2.75, 3.05) is 20.3 Å². The Hall–Kier alpha value is -4.01. The molecule has 11 heteroatoms. The maximum atomic E-state index is 13.1. The van der Waals surface area contributed by atoms with Crippen LogP contribution < -0.4 is 10.2 Å². The van der Waals surface area contributed by atoms with Gasteiger partial charge in [-0.2, -0.15) is 10.4 Å². The van der Waals surface area contributed by atoms with Crippen LogP contribution in [0.15, 0.2) is 41.2 Å². The van der Waals surface area contributed by atoms with Crippen molar-refractivity contribution in [2.45, 2.75) is 58.2 Å². The van der Waals surface area contributed by atoms with Crippen LogP contribution in [0.3, 0.4) is 0 Å². The van der Waals surface area contributed by atoms with Gasteiger partial charge in [-0.15, -0.1) is 0 Å². The molecule has 0 bridgehead atoms. The topological polar surface area (TPSA) is 121 Å². The van der Waals surface area contributed by atoms with Gasteiger partial charge in [-0.1, -0.05) is 31.8 Å². The Labute approximate surface area is 239 Å². The lowest BCUT2D eigenvalue weighted by molar-refractivity contribution is -0.139. The van der Waals surface area contributed by atoms with Crippen molar-refractivity contribution >= 4 is 36.0 Å². The predicted octanol–water partition coefficient (Wildman–Crippen LogP) is 4.48. The maximum absolute atomic E-state index is 13.1. The Balaban J connectivity index is 1.58. The average Bonchev–Trinajstić information content (AvgIpc) is 3.72. The zero-order valence-corrected chi connectivity index (χ0v) is 25.0. The number of methoxy groups -OCH3 is 1. The van der Waals surface area contributed by atoms with Crippen molar-refractivity contribution in [3.63, 3.8) is 0 Å². The summed E-state index contributed by atoms with van der Waals surface area (Å²) in [7, 11) is -0.00865. The Kier molecular flexibility index (Phi) is 8.24. The van der Waals surface area contributed by atoms with Gasteiger partial charge in [0.2, 0.25) is 5.43 Å². The van der Waals surface area contributed by atoms with Crippen molar-refractivity contribution < 1.29 is 19.0 Å². The van der Waals surface area contributed by atoms with Crippen LogP contribution in [0.25, 0.3) is 21.9 Å². The molecular formula is C30H35N5O5Si. The second-order valence-corrected chi connectivity index (χ2v) is 17.3. The number of esters is 1. The first-order valence-electron chi connectivity index (χ1n) is 13.9. The van der Waals surface area contributed by atoms with Gasteiger partial charge in [0, 0.05) is 26.1 Å². The summed E-state index contributed by atoms with van der Waals surface area (Å²) >= 11 is 0. The third-order valence-corrected chi connectivity index (χ3v) is 8.90. The van der Waals surface area contributed by atoms with Gasteiger partial charge in [0.1, 0.15) is 30.1 Å². The predicted molar refractivity (Wildman–Crippen MR) is 158 cm³/mol. The fraction of sp³-hybridized carbons (Fsp3) is 0.433. The molecule has 1 aliphatic rings. The summed E-state index contributed by atoms with van der Waals surface area (Å²) < 4.78 is 20.7. The molecular weight excluding hydrogens is 538 g/mol. The van der Waals surface area contributed by atoms with Gasteiger partial charge in [0.05, 0.1) is 48.8 Å². The first kappa shape index (κ1) is 28.5. The summed E-state index contributed by atoms with van der Waals surface area (Å²) in [4.78, 5) is 30.0. The zero-order valence-electron chi connectivity index (χ0n) is 24.0. The van der Waals surface area contributed by atoms with Gasteiger partial charge >= 0.3 is 5.97 Å². The minimum absolute atomic E-state index is 0.104. The van der Waals surface area contributed by atoms with E-state index in [4.69, 9.17) is 19.2 Å². The Morgan fingerprint density at radius 3 is 2.66 bits per heavy atom. The van der Waals surface area contributed by atoms with E-state index in [-0.39, 0.29) is 30.8 Å². The van der Waals surface area contributed by atoms with Crippen molar-refractivity contribution in [2.24, 2.45) is 5.92 Å². The molecule has 10 nitrogen and oxygen atoms in total. The number of carbonyl (C=O) groups excluding carboxylic acids is 1. The van der Waals surface area contributed by atoms with Crippen LogP contribution in [0.2, 0.25) is 25.7 Å². The highest BCUT2D eigenvalue weighted by Gasteiger charge is 2.24. The Morgan fingerprint density at radius 1 is 1.17 bits per heavy atom. The van der Waals surface area contributed by atoms with E-state index in [9.17, 15) is 14.9 Å². The Morgan fingerprint density at radius 2 is 1.95 bits per heavy atom. The molecule has 1 fully saturated rings. The van der Waals surface area contributed by atoms with Crippen molar-refractivity contribution in [3.05, 3.63) is 63.7 Å². The van der Waals surface area contributed by atoms with Crippen molar-refractivity contribution in [1.29, 1.82) is 5.26 Å². The number of benzene rings is 2. The van der Waals surface area contributed by atoms with Crippen LogP contribution in [0.4, 0.5) is 0 Å². The highest BCUT2D eigenvalue weighted by atomic mass is 28.3. The van der Waals surface area contributed by atoms with Crippen molar-refractivity contribution in [3.8, 4) is 11.8 Å². The number of para-hydroxylation sites is 1. The lowest BCUT2D eigenvalue weighted by Crippen LogP contribution is -2.24. The molecule has 41 heavy (non-hydrogen) atoms. The van der Waals surface area contributed by atoms with Gasteiger partial charge in [0.15, 0.2) is 0 Å². The van der Waals surface area contributed by atoms with Crippen LogP contribution in [0.1, 0.15) is 29.9 Å². The fourth-order valence-electron chi connectivity index (χ4n) is 4.57. The molecule has 0 N–H and O–H groups in total. The highest BCUT2D eigenvalue weighted by Crippen LogP contribution is 2.32. The third-order valence-electron chi connectivity index (χ3n) is 7.20. The van der Waals surface area contributed by atoms with E-state index in [1.165, 1.54) is 7.11 Å². The van der Waals surface area contributed by atoms with E-state index in [2.05, 4.69) is 30.8 Å². The second-order valence-electron chi connectivity index (χ2n) is 11.7. The van der Waals surface area contributed by atoms with Gasteiger partial charge < -0.3 is 18.8 Å². The molecule has 4 aromatic rings. The summed E-state index contributed by atoms with van der Waals surface area (Å²) in [6.45, 7) is 8.60. The molecule has 0 amide bonds. The molecule has 0 saturated heterocycles. The Bertz CT molecular complexity index is 1690. The maximum Gasteiger partial charge on any atom is 0.311 e. The summed E-state index contributed by atoms with van der Waals surface area (Å²) in [5.41, 5.74) is 2.28. The summed E-state index contributed by atoms with van der Waals surface area (Å²) in [5.74, 6) is 1.18. The molecule has 0 atom stereocenters. The second kappa shape index (κ2) is 11.8. The monoisotopic (exact) mass is 573 g/mol. The number of fused-ring (bicyclic) bond motifs is 2. The van der Waals surface area contributed by atoms with Gasteiger partial charge in [-0.25, -0.2) is 4.98 Å². The van der Waals surface area contributed by atoms with Crippen LogP contribution in [0.5, 0.6) is 5.75 Å². The summed E-state index contributed by atoms with van der Waals surface area (Å²) in [6, 6.07) is 14.0. The van der Waals surface area contributed by atoms with Gasteiger partial charge in [0.25, 0.3) is 0 Å². The molecule has 0 aliphatic heterocycles. The number of nitrogens with zero attached hydrogens (tertiary/aromatic N) is 5.